The van der Waals surface area contributed by atoms with Gasteiger partial charge in [-0.25, -0.2) is 0 Å². The van der Waals surface area contributed by atoms with Crippen LogP contribution in [-0.4, -0.2) is 32.3 Å². The molecule has 4 nitrogen and oxygen atoms in total. The smallest absolute Gasteiger partial charge is 0.226 e. The molecule has 1 fully saturated rings. The molecule has 0 saturated carbocycles. The van der Waals surface area contributed by atoms with Crippen molar-refractivity contribution in [2.45, 2.75) is 13.3 Å². The molecule has 4 heteroatoms. The zero-order valence-corrected chi connectivity index (χ0v) is 11.1. The molecule has 1 atom stereocenters. The largest absolute Gasteiger partial charge is 0.492 e. The maximum atomic E-state index is 12.2. The van der Waals surface area contributed by atoms with E-state index in [1.807, 2.05) is 24.3 Å². The summed E-state index contributed by atoms with van der Waals surface area (Å²) in [5.74, 6) is 0.910. The molecule has 19 heavy (non-hydrogen) atoms. The number of hydrogen-bond donors (Lipinski definition) is 1. The highest BCUT2D eigenvalue weighted by Gasteiger charge is 2.34. The number of hydrogen-bond acceptors (Lipinski definition) is 3. The third-order valence-electron chi connectivity index (χ3n) is 3.84. The fraction of sp³-hybridized carbons (Fsp3) is 0.533. The molecule has 102 valence electrons. The Morgan fingerprint density at radius 2 is 2.21 bits per heavy atom. The summed E-state index contributed by atoms with van der Waals surface area (Å²) in [7, 11) is 0. The Kier molecular flexibility index (Phi) is 3.19. The molecule has 0 aliphatic carbocycles. The van der Waals surface area contributed by atoms with E-state index in [2.05, 4.69) is 12.2 Å². The molecule has 1 saturated heterocycles. The molecule has 2 aliphatic heterocycles. The van der Waals surface area contributed by atoms with Gasteiger partial charge < -0.3 is 14.8 Å². The summed E-state index contributed by atoms with van der Waals surface area (Å²) in [6.45, 7) is 4.75. The van der Waals surface area contributed by atoms with Crippen molar-refractivity contribution in [1.82, 2.24) is 5.32 Å². The molecule has 1 aromatic carbocycles. The van der Waals surface area contributed by atoms with Crippen LogP contribution in [0, 0.1) is 11.3 Å². The molecule has 0 aromatic heterocycles. The van der Waals surface area contributed by atoms with Crippen LogP contribution in [0.4, 0.5) is 0 Å². The van der Waals surface area contributed by atoms with Gasteiger partial charge in [0.1, 0.15) is 12.4 Å². The Labute approximate surface area is 113 Å². The molecule has 1 unspecified atom stereocenters. The van der Waals surface area contributed by atoms with E-state index in [9.17, 15) is 4.79 Å². The van der Waals surface area contributed by atoms with Crippen molar-refractivity contribution < 1.29 is 14.3 Å². The molecule has 3 rings (SSSR count). The molecular weight excluding hydrogens is 242 g/mol. The molecule has 0 bridgehead atoms. The van der Waals surface area contributed by atoms with Crippen LogP contribution in [0.2, 0.25) is 0 Å². The monoisotopic (exact) mass is 261 g/mol. The summed E-state index contributed by atoms with van der Waals surface area (Å²) >= 11 is 0. The molecular formula is C15H19NO3. The van der Waals surface area contributed by atoms with Crippen LogP contribution in [0.3, 0.4) is 0 Å². The lowest BCUT2D eigenvalue weighted by atomic mass is 9.88. The number of amides is 1. The van der Waals surface area contributed by atoms with Gasteiger partial charge in [-0.2, -0.15) is 0 Å². The maximum Gasteiger partial charge on any atom is 0.226 e. The van der Waals surface area contributed by atoms with Gasteiger partial charge in [-0.1, -0.05) is 25.1 Å². The number of benzene rings is 1. The number of nitrogens with one attached hydrogen (secondary N) is 1. The summed E-state index contributed by atoms with van der Waals surface area (Å²) in [6, 6.07) is 7.91. The van der Waals surface area contributed by atoms with Crippen molar-refractivity contribution in [1.29, 1.82) is 0 Å². The number of fused-ring (bicyclic) bond motifs is 1. The Morgan fingerprint density at radius 1 is 1.42 bits per heavy atom. The quantitative estimate of drug-likeness (QED) is 0.894. The second-order valence-electron chi connectivity index (χ2n) is 5.84. The zero-order chi connectivity index (χ0) is 13.3. The summed E-state index contributed by atoms with van der Waals surface area (Å²) in [6.07, 6.45) is 0.759. The lowest BCUT2D eigenvalue weighted by Gasteiger charge is -2.38. The first-order chi connectivity index (χ1) is 9.16. The molecule has 2 heterocycles. The highest BCUT2D eigenvalue weighted by Crippen LogP contribution is 2.28. The summed E-state index contributed by atoms with van der Waals surface area (Å²) < 4.78 is 10.8. The van der Waals surface area contributed by atoms with E-state index >= 15 is 0 Å². The second kappa shape index (κ2) is 4.85. The second-order valence-corrected chi connectivity index (χ2v) is 5.84. The lowest BCUT2D eigenvalue weighted by molar-refractivity contribution is -0.131. The van der Waals surface area contributed by atoms with Crippen LogP contribution >= 0.6 is 0 Å². The topological polar surface area (TPSA) is 47.6 Å². The minimum Gasteiger partial charge on any atom is -0.492 e. The van der Waals surface area contributed by atoms with E-state index in [1.165, 1.54) is 0 Å². The van der Waals surface area contributed by atoms with Crippen molar-refractivity contribution in [2.75, 3.05) is 26.4 Å². The van der Waals surface area contributed by atoms with Gasteiger partial charge in [0.05, 0.1) is 19.1 Å². The number of carbonyl (C=O) groups excluding carboxylic acids is 1. The number of para-hydroxylation sites is 1. The fourth-order valence-corrected chi connectivity index (χ4v) is 2.49. The SMILES string of the molecule is CC1(CNC(=O)C2COc3ccccc3C2)COC1. The Balaban J connectivity index is 1.57. The maximum absolute atomic E-state index is 12.2. The van der Waals surface area contributed by atoms with Crippen LogP contribution in [-0.2, 0) is 16.0 Å². The van der Waals surface area contributed by atoms with Gasteiger partial charge in [-0.05, 0) is 18.1 Å². The Hall–Kier alpha value is -1.55. The first kappa shape index (κ1) is 12.5. The van der Waals surface area contributed by atoms with Crippen LogP contribution in [0.25, 0.3) is 0 Å². The molecule has 2 aliphatic rings. The Morgan fingerprint density at radius 3 is 2.95 bits per heavy atom. The standard InChI is InChI=1S/C15H19NO3/c1-15(9-18-10-15)8-16-14(17)12-6-11-4-2-3-5-13(11)19-7-12/h2-5,12H,6-10H2,1H3,(H,16,17). The van der Waals surface area contributed by atoms with Crippen LogP contribution < -0.4 is 10.1 Å². The van der Waals surface area contributed by atoms with Crippen molar-refractivity contribution >= 4 is 5.91 Å². The fourth-order valence-electron chi connectivity index (χ4n) is 2.49. The van der Waals surface area contributed by atoms with Gasteiger partial charge in [0.15, 0.2) is 0 Å². The van der Waals surface area contributed by atoms with Gasteiger partial charge >= 0.3 is 0 Å². The van der Waals surface area contributed by atoms with Crippen molar-refractivity contribution in [2.24, 2.45) is 11.3 Å². The Bertz CT molecular complexity index is 482. The lowest BCUT2D eigenvalue weighted by Crippen LogP contribution is -2.50. The van der Waals surface area contributed by atoms with Gasteiger partial charge in [-0.15, -0.1) is 0 Å². The predicted molar refractivity (Wildman–Crippen MR) is 71.1 cm³/mol. The van der Waals surface area contributed by atoms with E-state index in [-0.39, 0.29) is 17.2 Å². The van der Waals surface area contributed by atoms with E-state index in [1.54, 1.807) is 0 Å². The third kappa shape index (κ3) is 2.59. The van der Waals surface area contributed by atoms with E-state index in [0.717, 1.165) is 30.9 Å². The van der Waals surface area contributed by atoms with E-state index in [0.29, 0.717) is 13.2 Å². The summed E-state index contributed by atoms with van der Waals surface area (Å²) in [4.78, 5) is 12.2. The normalized spacial score (nSPS) is 23.7. The highest BCUT2D eigenvalue weighted by molar-refractivity contribution is 5.79. The van der Waals surface area contributed by atoms with Crippen LogP contribution in [0.1, 0.15) is 12.5 Å². The van der Waals surface area contributed by atoms with E-state index in [4.69, 9.17) is 9.47 Å². The van der Waals surface area contributed by atoms with Gasteiger partial charge in [-0.3, -0.25) is 4.79 Å². The van der Waals surface area contributed by atoms with E-state index < -0.39 is 0 Å². The molecule has 0 spiro atoms. The molecule has 1 amide bonds. The van der Waals surface area contributed by atoms with Crippen molar-refractivity contribution in [3.05, 3.63) is 29.8 Å². The number of rotatable bonds is 3. The molecule has 0 radical (unpaired) electrons. The zero-order valence-electron chi connectivity index (χ0n) is 11.1. The van der Waals surface area contributed by atoms with Gasteiger partial charge in [0.2, 0.25) is 5.91 Å². The van der Waals surface area contributed by atoms with Gasteiger partial charge in [0.25, 0.3) is 0 Å². The predicted octanol–water partition coefficient (Wildman–Crippen LogP) is 1.39. The van der Waals surface area contributed by atoms with Crippen LogP contribution in [0.15, 0.2) is 24.3 Å². The van der Waals surface area contributed by atoms with Crippen molar-refractivity contribution in [3.63, 3.8) is 0 Å². The average molecular weight is 261 g/mol. The van der Waals surface area contributed by atoms with Crippen molar-refractivity contribution in [3.8, 4) is 5.75 Å². The first-order valence-corrected chi connectivity index (χ1v) is 6.72. The third-order valence-corrected chi connectivity index (χ3v) is 3.84. The summed E-state index contributed by atoms with van der Waals surface area (Å²) in [5, 5.41) is 3.03. The minimum absolute atomic E-state index is 0.0838. The van der Waals surface area contributed by atoms with Gasteiger partial charge in [0, 0.05) is 12.0 Å². The highest BCUT2D eigenvalue weighted by atomic mass is 16.5. The average Bonchev–Trinajstić information content (AvgIpc) is 2.42. The van der Waals surface area contributed by atoms with Crippen LogP contribution in [0.5, 0.6) is 5.75 Å². The molecule has 1 N–H and O–H groups in total. The number of carbonyl (C=O) groups is 1. The first-order valence-electron chi connectivity index (χ1n) is 6.72. The molecule has 1 aromatic rings. The minimum atomic E-state index is -0.0838. The number of ether oxygens (including phenoxy) is 2. The summed E-state index contributed by atoms with van der Waals surface area (Å²) in [5.41, 5.74) is 1.23.